The number of rotatable bonds is 6. The fourth-order valence-electron chi connectivity index (χ4n) is 2.80. The second kappa shape index (κ2) is 6.41. The lowest BCUT2D eigenvalue weighted by Crippen LogP contribution is -2.46. The molecule has 0 amide bonds. The minimum absolute atomic E-state index is 0.418. The van der Waals surface area contributed by atoms with Crippen molar-refractivity contribution in [1.82, 2.24) is 10.2 Å². The van der Waals surface area contributed by atoms with Crippen LogP contribution in [-0.2, 0) is 0 Å². The van der Waals surface area contributed by atoms with Crippen molar-refractivity contribution in [2.24, 2.45) is 0 Å². The highest BCUT2D eigenvalue weighted by molar-refractivity contribution is 4.93. The molecule has 0 atom stereocenters. The van der Waals surface area contributed by atoms with Crippen molar-refractivity contribution >= 4 is 0 Å². The SMILES string of the molecule is C=C(C)CN(C)CCC1(NC)CCCCC1. The van der Waals surface area contributed by atoms with Crippen LogP contribution in [0.1, 0.15) is 45.4 Å². The Kier molecular flexibility index (Phi) is 5.50. The topological polar surface area (TPSA) is 15.3 Å². The van der Waals surface area contributed by atoms with E-state index >= 15 is 0 Å². The Hall–Kier alpha value is -0.340. The summed E-state index contributed by atoms with van der Waals surface area (Å²) in [6, 6.07) is 0. The first kappa shape index (κ1) is 13.7. The smallest absolute Gasteiger partial charge is 0.0190 e. The quantitative estimate of drug-likeness (QED) is 0.698. The van der Waals surface area contributed by atoms with Gasteiger partial charge in [-0.1, -0.05) is 31.4 Å². The van der Waals surface area contributed by atoms with Gasteiger partial charge >= 0.3 is 0 Å². The minimum Gasteiger partial charge on any atom is -0.314 e. The first-order chi connectivity index (χ1) is 7.58. The van der Waals surface area contributed by atoms with E-state index < -0.39 is 0 Å². The lowest BCUT2D eigenvalue weighted by molar-refractivity contribution is 0.201. The molecule has 1 aliphatic carbocycles. The molecule has 1 aliphatic rings. The van der Waals surface area contributed by atoms with E-state index in [4.69, 9.17) is 0 Å². The molecule has 0 heterocycles. The van der Waals surface area contributed by atoms with Crippen LogP contribution in [0.5, 0.6) is 0 Å². The van der Waals surface area contributed by atoms with E-state index in [-0.39, 0.29) is 0 Å². The third-order valence-corrected chi connectivity index (χ3v) is 3.85. The third-order valence-electron chi connectivity index (χ3n) is 3.85. The molecule has 0 bridgehead atoms. The molecule has 0 aromatic heterocycles. The lowest BCUT2D eigenvalue weighted by Gasteiger charge is -2.38. The van der Waals surface area contributed by atoms with Crippen LogP contribution in [-0.4, -0.2) is 37.6 Å². The van der Waals surface area contributed by atoms with Gasteiger partial charge in [0.05, 0.1) is 0 Å². The number of nitrogens with one attached hydrogen (secondary N) is 1. The zero-order chi connectivity index (χ0) is 12.0. The lowest BCUT2D eigenvalue weighted by atomic mass is 9.79. The molecule has 0 unspecified atom stereocenters. The maximum absolute atomic E-state index is 3.97. The molecule has 1 rings (SSSR count). The van der Waals surface area contributed by atoms with Crippen LogP contribution in [0.15, 0.2) is 12.2 Å². The van der Waals surface area contributed by atoms with Gasteiger partial charge in [-0.3, -0.25) is 0 Å². The first-order valence-electron chi connectivity index (χ1n) is 6.60. The predicted octanol–water partition coefficient (Wildman–Crippen LogP) is 2.81. The van der Waals surface area contributed by atoms with E-state index in [0.717, 1.165) is 6.54 Å². The highest BCUT2D eigenvalue weighted by Crippen LogP contribution is 2.30. The fourth-order valence-corrected chi connectivity index (χ4v) is 2.80. The summed E-state index contributed by atoms with van der Waals surface area (Å²) in [5.41, 5.74) is 1.67. The highest BCUT2D eigenvalue weighted by atomic mass is 15.1. The fraction of sp³-hybridized carbons (Fsp3) is 0.857. The summed E-state index contributed by atoms with van der Waals surface area (Å²) in [7, 11) is 4.32. The monoisotopic (exact) mass is 224 g/mol. The summed E-state index contributed by atoms with van der Waals surface area (Å²) in [6.07, 6.45) is 8.18. The molecule has 1 fully saturated rings. The zero-order valence-corrected chi connectivity index (χ0v) is 11.3. The molecule has 0 aliphatic heterocycles. The number of likely N-dealkylation sites (N-methyl/N-ethyl adjacent to an activating group) is 1. The molecule has 2 nitrogen and oxygen atoms in total. The van der Waals surface area contributed by atoms with E-state index in [2.05, 4.69) is 37.8 Å². The van der Waals surface area contributed by atoms with E-state index in [1.807, 2.05) is 0 Å². The van der Waals surface area contributed by atoms with E-state index in [9.17, 15) is 0 Å². The van der Waals surface area contributed by atoms with Gasteiger partial charge in [0.15, 0.2) is 0 Å². The van der Waals surface area contributed by atoms with Crippen molar-refractivity contribution in [3.05, 3.63) is 12.2 Å². The van der Waals surface area contributed by atoms with Gasteiger partial charge in [0.2, 0.25) is 0 Å². The summed E-state index contributed by atoms with van der Waals surface area (Å²) in [5.74, 6) is 0. The molecular formula is C14H28N2. The molecular weight excluding hydrogens is 196 g/mol. The van der Waals surface area contributed by atoms with Crippen molar-refractivity contribution in [2.75, 3.05) is 27.2 Å². The van der Waals surface area contributed by atoms with E-state index in [1.54, 1.807) is 0 Å². The zero-order valence-electron chi connectivity index (χ0n) is 11.3. The van der Waals surface area contributed by atoms with Crippen molar-refractivity contribution in [2.45, 2.75) is 51.0 Å². The Labute approximate surface area is 101 Å². The van der Waals surface area contributed by atoms with Gasteiger partial charge in [0.25, 0.3) is 0 Å². The molecule has 0 spiro atoms. The summed E-state index contributed by atoms with van der Waals surface area (Å²) >= 11 is 0. The first-order valence-corrected chi connectivity index (χ1v) is 6.60. The number of hydrogen-bond donors (Lipinski definition) is 1. The van der Waals surface area contributed by atoms with Crippen molar-refractivity contribution in [3.63, 3.8) is 0 Å². The average molecular weight is 224 g/mol. The van der Waals surface area contributed by atoms with Crippen LogP contribution in [0.25, 0.3) is 0 Å². The largest absolute Gasteiger partial charge is 0.314 e. The molecule has 94 valence electrons. The van der Waals surface area contributed by atoms with Gasteiger partial charge in [-0.2, -0.15) is 0 Å². The van der Waals surface area contributed by atoms with Crippen molar-refractivity contribution in [1.29, 1.82) is 0 Å². The Balaban J connectivity index is 2.35. The van der Waals surface area contributed by atoms with Gasteiger partial charge in [-0.05, 0) is 46.8 Å². The van der Waals surface area contributed by atoms with Crippen LogP contribution >= 0.6 is 0 Å². The van der Waals surface area contributed by atoms with E-state index in [0.29, 0.717) is 5.54 Å². The Bertz CT molecular complexity index is 217. The predicted molar refractivity (Wildman–Crippen MR) is 71.8 cm³/mol. The Morgan fingerprint density at radius 3 is 2.44 bits per heavy atom. The van der Waals surface area contributed by atoms with E-state index in [1.165, 1.54) is 50.6 Å². The summed E-state index contributed by atoms with van der Waals surface area (Å²) < 4.78 is 0. The second-order valence-electron chi connectivity index (χ2n) is 5.54. The number of hydrogen-bond acceptors (Lipinski definition) is 2. The van der Waals surface area contributed by atoms with Crippen LogP contribution in [0.4, 0.5) is 0 Å². The van der Waals surface area contributed by atoms with Gasteiger partial charge in [0, 0.05) is 12.1 Å². The average Bonchev–Trinajstić information content (AvgIpc) is 2.27. The normalized spacial score (nSPS) is 20.0. The van der Waals surface area contributed by atoms with Crippen LogP contribution < -0.4 is 5.32 Å². The van der Waals surface area contributed by atoms with Crippen LogP contribution in [0.2, 0.25) is 0 Å². The van der Waals surface area contributed by atoms with Gasteiger partial charge in [0.1, 0.15) is 0 Å². The molecule has 16 heavy (non-hydrogen) atoms. The van der Waals surface area contributed by atoms with Crippen molar-refractivity contribution in [3.8, 4) is 0 Å². The summed E-state index contributed by atoms with van der Waals surface area (Å²) in [4.78, 5) is 2.38. The summed E-state index contributed by atoms with van der Waals surface area (Å²) in [5, 5.41) is 3.58. The second-order valence-corrected chi connectivity index (χ2v) is 5.54. The minimum atomic E-state index is 0.418. The maximum Gasteiger partial charge on any atom is 0.0190 e. The van der Waals surface area contributed by atoms with Crippen LogP contribution in [0, 0.1) is 0 Å². The molecule has 1 saturated carbocycles. The van der Waals surface area contributed by atoms with Gasteiger partial charge in [-0.15, -0.1) is 0 Å². The van der Waals surface area contributed by atoms with Crippen molar-refractivity contribution < 1.29 is 0 Å². The number of nitrogens with zero attached hydrogens (tertiary/aromatic N) is 1. The molecule has 0 aromatic carbocycles. The maximum atomic E-state index is 3.97. The Morgan fingerprint density at radius 1 is 1.31 bits per heavy atom. The Morgan fingerprint density at radius 2 is 1.94 bits per heavy atom. The third kappa shape index (κ3) is 4.26. The summed E-state index contributed by atoms with van der Waals surface area (Å²) in [6.45, 7) is 8.27. The highest BCUT2D eigenvalue weighted by Gasteiger charge is 2.29. The molecule has 1 N–H and O–H groups in total. The van der Waals surface area contributed by atoms with Gasteiger partial charge in [-0.25, -0.2) is 0 Å². The molecule has 0 saturated heterocycles. The molecule has 2 heteroatoms. The van der Waals surface area contributed by atoms with Gasteiger partial charge < -0.3 is 10.2 Å². The molecule has 0 radical (unpaired) electrons. The van der Waals surface area contributed by atoms with Crippen LogP contribution in [0.3, 0.4) is 0 Å². The standard InChI is InChI=1S/C14H28N2/c1-13(2)12-16(4)11-10-14(15-3)8-6-5-7-9-14/h15H,1,5-12H2,2-4H3. The molecule has 0 aromatic rings.